The van der Waals surface area contributed by atoms with Crippen molar-refractivity contribution in [3.05, 3.63) is 12.2 Å². The molecule has 1 amide bonds. The third-order valence-electron chi connectivity index (χ3n) is 1.35. The summed E-state index contributed by atoms with van der Waals surface area (Å²) >= 11 is 0. The van der Waals surface area contributed by atoms with Gasteiger partial charge in [-0.25, -0.2) is 0 Å². The van der Waals surface area contributed by atoms with Gasteiger partial charge >= 0.3 is 0 Å². The fourth-order valence-corrected chi connectivity index (χ4v) is 0.681. The molecule has 3 heteroatoms. The van der Waals surface area contributed by atoms with Crippen LogP contribution < -0.4 is 5.32 Å². The van der Waals surface area contributed by atoms with Crippen molar-refractivity contribution in [2.24, 2.45) is 4.99 Å². The van der Waals surface area contributed by atoms with Crippen LogP contribution in [0.25, 0.3) is 0 Å². The van der Waals surface area contributed by atoms with Gasteiger partial charge in [-0.2, -0.15) is 0 Å². The molecule has 0 aromatic carbocycles. The molecule has 68 valence electrons. The normalized spacial score (nSPS) is 12.1. The summed E-state index contributed by atoms with van der Waals surface area (Å²) in [5.41, 5.74) is 0.895. The van der Waals surface area contributed by atoms with Crippen molar-refractivity contribution in [1.82, 2.24) is 5.32 Å². The number of nitrogens with one attached hydrogen (secondary N) is 1. The molecule has 12 heavy (non-hydrogen) atoms. The number of nitrogens with zero attached hydrogens (tertiary/aromatic N) is 1. The number of hydrogen-bond donors (Lipinski definition) is 1. The smallest absolute Gasteiger partial charge is 0.217 e. The maximum Gasteiger partial charge on any atom is 0.217 e. The molecule has 0 aliphatic carbocycles. The summed E-state index contributed by atoms with van der Waals surface area (Å²) < 4.78 is 0. The predicted octanol–water partition coefficient (Wildman–Crippen LogP) is 1.16. The molecule has 0 atom stereocenters. The van der Waals surface area contributed by atoms with E-state index in [1.807, 2.05) is 12.2 Å². The Morgan fingerprint density at radius 1 is 1.58 bits per heavy atom. The Balaban J connectivity index is 3.85. The Kier molecular flexibility index (Phi) is 5.97. The van der Waals surface area contributed by atoms with Gasteiger partial charge in [-0.3, -0.25) is 9.79 Å². The Labute approximate surface area is 73.6 Å². The molecule has 0 aromatic heterocycles. The monoisotopic (exact) mass is 168 g/mol. The van der Waals surface area contributed by atoms with Crippen molar-refractivity contribution in [2.75, 3.05) is 13.6 Å². The van der Waals surface area contributed by atoms with E-state index in [0.717, 1.165) is 12.1 Å². The first-order valence-corrected chi connectivity index (χ1v) is 4.07. The maximum absolute atomic E-state index is 10.5. The second-order valence-electron chi connectivity index (χ2n) is 2.44. The van der Waals surface area contributed by atoms with E-state index in [1.165, 1.54) is 6.92 Å². The molecule has 3 nitrogen and oxygen atoms in total. The highest BCUT2D eigenvalue weighted by Gasteiger charge is 1.93. The van der Waals surface area contributed by atoms with Crippen LogP contribution in [0.15, 0.2) is 17.1 Å². The van der Waals surface area contributed by atoms with Gasteiger partial charge in [0.15, 0.2) is 0 Å². The van der Waals surface area contributed by atoms with E-state index in [2.05, 4.69) is 17.2 Å². The summed E-state index contributed by atoms with van der Waals surface area (Å²) in [6.07, 6.45) is 4.93. The molecule has 0 heterocycles. The number of rotatable bonds is 4. The first kappa shape index (κ1) is 10.9. The van der Waals surface area contributed by atoms with Crippen LogP contribution in [0.2, 0.25) is 0 Å². The Bertz CT molecular complexity index is 195. The molecule has 0 fully saturated rings. The average molecular weight is 168 g/mol. The number of carbonyl (C=O) groups is 1. The van der Waals surface area contributed by atoms with Gasteiger partial charge in [0, 0.05) is 14.0 Å². The summed E-state index contributed by atoms with van der Waals surface area (Å²) in [6, 6.07) is 0. The number of carbonyl (C=O) groups excluding carboxylic acids is 1. The molecule has 0 bridgehead atoms. The fraction of sp³-hybridized carbons (Fsp3) is 0.556. The van der Waals surface area contributed by atoms with Gasteiger partial charge in [0.2, 0.25) is 5.91 Å². The molecular weight excluding hydrogens is 152 g/mol. The summed E-state index contributed by atoms with van der Waals surface area (Å²) in [7, 11) is 1.72. The van der Waals surface area contributed by atoms with Crippen molar-refractivity contribution in [2.45, 2.75) is 20.3 Å². The van der Waals surface area contributed by atoms with Crippen LogP contribution in [0.5, 0.6) is 0 Å². The van der Waals surface area contributed by atoms with Crippen LogP contribution in [0.4, 0.5) is 0 Å². The molecular formula is C9H16N2O. The van der Waals surface area contributed by atoms with E-state index in [0.29, 0.717) is 6.54 Å². The minimum Gasteiger partial charge on any atom is -0.351 e. The molecule has 0 rings (SSSR count). The van der Waals surface area contributed by atoms with Gasteiger partial charge in [0.1, 0.15) is 0 Å². The first-order valence-electron chi connectivity index (χ1n) is 4.07. The maximum atomic E-state index is 10.5. The van der Waals surface area contributed by atoms with Crippen molar-refractivity contribution in [3.8, 4) is 0 Å². The third kappa shape index (κ3) is 5.65. The highest BCUT2D eigenvalue weighted by molar-refractivity contribution is 5.98. The second kappa shape index (κ2) is 6.58. The van der Waals surface area contributed by atoms with Gasteiger partial charge in [0.25, 0.3) is 0 Å². The highest BCUT2D eigenvalue weighted by Crippen LogP contribution is 1.83. The number of hydrogen-bond acceptors (Lipinski definition) is 2. The SMILES string of the molecule is CC/C=C\C(CNC(C)=O)=NC. The van der Waals surface area contributed by atoms with Gasteiger partial charge in [-0.1, -0.05) is 13.0 Å². The number of aliphatic imine (C=N–C) groups is 1. The quantitative estimate of drug-likeness (QED) is 0.629. The Hall–Kier alpha value is -1.12. The van der Waals surface area contributed by atoms with Gasteiger partial charge in [-0.05, 0) is 12.5 Å². The van der Waals surface area contributed by atoms with Crippen LogP contribution in [0.3, 0.4) is 0 Å². The van der Waals surface area contributed by atoms with E-state index in [9.17, 15) is 4.79 Å². The van der Waals surface area contributed by atoms with Crippen LogP contribution in [-0.4, -0.2) is 25.2 Å². The molecule has 0 saturated carbocycles. The lowest BCUT2D eigenvalue weighted by Crippen LogP contribution is -2.26. The zero-order valence-corrected chi connectivity index (χ0v) is 7.92. The highest BCUT2D eigenvalue weighted by atomic mass is 16.1. The van der Waals surface area contributed by atoms with Gasteiger partial charge < -0.3 is 5.32 Å². The largest absolute Gasteiger partial charge is 0.351 e. The molecule has 0 aliphatic rings. The second-order valence-corrected chi connectivity index (χ2v) is 2.44. The zero-order chi connectivity index (χ0) is 9.40. The Morgan fingerprint density at radius 2 is 2.25 bits per heavy atom. The fourth-order valence-electron chi connectivity index (χ4n) is 0.681. The summed E-state index contributed by atoms with van der Waals surface area (Å²) in [5, 5.41) is 2.68. The minimum absolute atomic E-state index is 0.0268. The number of allylic oxidation sites excluding steroid dienone is 1. The molecule has 0 radical (unpaired) electrons. The molecule has 0 aromatic rings. The molecule has 0 unspecified atom stereocenters. The molecule has 0 saturated heterocycles. The van der Waals surface area contributed by atoms with Crippen molar-refractivity contribution in [1.29, 1.82) is 0 Å². The topological polar surface area (TPSA) is 41.5 Å². The average Bonchev–Trinajstić information content (AvgIpc) is 2.05. The lowest BCUT2D eigenvalue weighted by atomic mass is 10.3. The standard InChI is InChI=1S/C9H16N2O/c1-4-5-6-9(10-3)7-11-8(2)12/h5-6H,4,7H2,1-3H3,(H,11,12)/b6-5-,10-9?. The lowest BCUT2D eigenvalue weighted by molar-refractivity contribution is -0.118. The van der Waals surface area contributed by atoms with Crippen LogP contribution in [0.1, 0.15) is 20.3 Å². The van der Waals surface area contributed by atoms with Gasteiger partial charge in [0.05, 0.1) is 12.3 Å². The van der Waals surface area contributed by atoms with Crippen LogP contribution >= 0.6 is 0 Å². The van der Waals surface area contributed by atoms with E-state index in [4.69, 9.17) is 0 Å². The van der Waals surface area contributed by atoms with Crippen LogP contribution in [-0.2, 0) is 4.79 Å². The first-order chi connectivity index (χ1) is 5.70. The van der Waals surface area contributed by atoms with E-state index < -0.39 is 0 Å². The zero-order valence-electron chi connectivity index (χ0n) is 7.92. The minimum atomic E-state index is -0.0268. The van der Waals surface area contributed by atoms with Gasteiger partial charge in [-0.15, -0.1) is 0 Å². The lowest BCUT2D eigenvalue weighted by Gasteiger charge is -2.00. The molecule has 0 spiro atoms. The van der Waals surface area contributed by atoms with E-state index in [1.54, 1.807) is 7.05 Å². The van der Waals surface area contributed by atoms with E-state index in [-0.39, 0.29) is 5.91 Å². The molecule has 1 N–H and O–H groups in total. The van der Waals surface area contributed by atoms with Crippen molar-refractivity contribution >= 4 is 11.6 Å². The summed E-state index contributed by atoms with van der Waals surface area (Å²) in [6.45, 7) is 4.07. The van der Waals surface area contributed by atoms with Crippen molar-refractivity contribution < 1.29 is 4.79 Å². The predicted molar refractivity (Wildman–Crippen MR) is 51.5 cm³/mol. The summed E-state index contributed by atoms with van der Waals surface area (Å²) in [5.74, 6) is -0.0268. The van der Waals surface area contributed by atoms with E-state index >= 15 is 0 Å². The summed E-state index contributed by atoms with van der Waals surface area (Å²) in [4.78, 5) is 14.6. The Morgan fingerprint density at radius 3 is 2.67 bits per heavy atom. The molecule has 0 aliphatic heterocycles. The van der Waals surface area contributed by atoms with Crippen LogP contribution in [0, 0.1) is 0 Å². The third-order valence-corrected chi connectivity index (χ3v) is 1.35. The number of amides is 1. The van der Waals surface area contributed by atoms with Crippen molar-refractivity contribution in [3.63, 3.8) is 0 Å².